The van der Waals surface area contributed by atoms with Crippen LogP contribution >= 0.6 is 0 Å². The third-order valence-electron chi connectivity index (χ3n) is 2.79. The Kier molecular flexibility index (Phi) is 4.98. The van der Waals surface area contributed by atoms with Crippen molar-refractivity contribution in [2.45, 2.75) is 38.6 Å². The second kappa shape index (κ2) is 5.88. The fourth-order valence-corrected chi connectivity index (χ4v) is 3.12. The van der Waals surface area contributed by atoms with Gasteiger partial charge in [0.05, 0.1) is 6.26 Å². The van der Waals surface area contributed by atoms with Crippen LogP contribution in [0.15, 0.2) is 0 Å². The highest BCUT2D eigenvalue weighted by atomic mass is 32.2. The van der Waals surface area contributed by atoms with Crippen molar-refractivity contribution < 1.29 is 13.2 Å². The Balaban J connectivity index is 2.41. The first-order valence-corrected chi connectivity index (χ1v) is 8.10. The molecule has 1 aliphatic rings. The fourth-order valence-electron chi connectivity index (χ4n) is 2.04. The normalized spacial score (nSPS) is 17.6. The largest absolute Gasteiger partial charge is 0.336 e. The molecule has 7 heteroatoms. The molecule has 18 heavy (non-hydrogen) atoms. The van der Waals surface area contributed by atoms with Gasteiger partial charge in [-0.25, -0.2) is 17.9 Å². The fraction of sp³-hybridized carbons (Fsp3) is 0.909. The van der Waals surface area contributed by atoms with E-state index < -0.39 is 15.6 Å². The molecule has 0 radical (unpaired) electrons. The van der Waals surface area contributed by atoms with Crippen LogP contribution in [0.2, 0.25) is 0 Å². The van der Waals surface area contributed by atoms with Crippen LogP contribution in [0.1, 0.15) is 33.1 Å². The standard InChI is InChI=1S/C11H23N3O3S/c1-11(2,13-18(3,16)17)9-12-10(15)14-7-5-4-6-8-14/h13H,4-9H2,1-3H3,(H,12,15). The van der Waals surface area contributed by atoms with E-state index >= 15 is 0 Å². The molecule has 6 nitrogen and oxygen atoms in total. The van der Waals surface area contributed by atoms with Crippen molar-refractivity contribution in [2.24, 2.45) is 0 Å². The van der Waals surface area contributed by atoms with E-state index in [0.29, 0.717) is 0 Å². The third-order valence-corrected chi connectivity index (χ3v) is 3.71. The first-order valence-electron chi connectivity index (χ1n) is 6.21. The van der Waals surface area contributed by atoms with Gasteiger partial charge in [0.25, 0.3) is 0 Å². The molecule has 2 amide bonds. The average Bonchev–Trinajstić information content (AvgIpc) is 2.24. The molecule has 0 saturated carbocycles. The summed E-state index contributed by atoms with van der Waals surface area (Å²) in [5, 5.41) is 2.78. The van der Waals surface area contributed by atoms with Gasteiger partial charge in [-0.1, -0.05) is 0 Å². The minimum Gasteiger partial charge on any atom is -0.336 e. The summed E-state index contributed by atoms with van der Waals surface area (Å²) in [6.07, 6.45) is 4.36. The first kappa shape index (κ1) is 15.2. The Bertz CT molecular complexity index is 386. The maximum atomic E-state index is 11.8. The van der Waals surface area contributed by atoms with E-state index in [-0.39, 0.29) is 12.6 Å². The smallest absolute Gasteiger partial charge is 0.317 e. The minimum absolute atomic E-state index is 0.113. The highest BCUT2D eigenvalue weighted by Gasteiger charge is 2.24. The number of carbonyl (C=O) groups excluding carboxylic acids is 1. The molecule has 0 aromatic heterocycles. The number of carbonyl (C=O) groups is 1. The number of amides is 2. The lowest BCUT2D eigenvalue weighted by atomic mass is 10.1. The van der Waals surface area contributed by atoms with Gasteiger partial charge in [-0.15, -0.1) is 0 Å². The molecule has 0 unspecified atom stereocenters. The van der Waals surface area contributed by atoms with Gasteiger partial charge in [0.1, 0.15) is 0 Å². The van der Waals surface area contributed by atoms with Crippen LogP contribution in [0.4, 0.5) is 4.79 Å². The van der Waals surface area contributed by atoms with Crippen molar-refractivity contribution in [3.8, 4) is 0 Å². The number of nitrogens with zero attached hydrogens (tertiary/aromatic N) is 1. The third kappa shape index (κ3) is 5.68. The Morgan fingerprint density at radius 1 is 1.22 bits per heavy atom. The molecule has 1 fully saturated rings. The summed E-state index contributed by atoms with van der Waals surface area (Å²) in [4.78, 5) is 13.6. The predicted molar refractivity (Wildman–Crippen MR) is 70.9 cm³/mol. The number of nitrogens with one attached hydrogen (secondary N) is 2. The number of rotatable bonds is 4. The molecule has 1 aliphatic heterocycles. The van der Waals surface area contributed by atoms with Gasteiger partial charge < -0.3 is 10.2 Å². The quantitative estimate of drug-likeness (QED) is 0.786. The van der Waals surface area contributed by atoms with Gasteiger partial charge >= 0.3 is 6.03 Å². The summed E-state index contributed by atoms with van der Waals surface area (Å²) < 4.78 is 24.8. The van der Waals surface area contributed by atoms with Crippen LogP contribution in [0.3, 0.4) is 0 Å². The molecule has 1 rings (SSSR count). The molecule has 0 atom stereocenters. The molecule has 0 spiro atoms. The summed E-state index contributed by atoms with van der Waals surface area (Å²) in [5.41, 5.74) is -0.682. The summed E-state index contributed by atoms with van der Waals surface area (Å²) in [7, 11) is -3.27. The SMILES string of the molecule is CC(C)(CNC(=O)N1CCCCC1)NS(C)(=O)=O. The van der Waals surface area contributed by atoms with E-state index in [1.165, 1.54) is 6.42 Å². The Hall–Kier alpha value is -0.820. The highest BCUT2D eigenvalue weighted by Crippen LogP contribution is 2.09. The van der Waals surface area contributed by atoms with Crippen LogP contribution in [0, 0.1) is 0 Å². The van der Waals surface area contributed by atoms with Crippen molar-refractivity contribution in [3.63, 3.8) is 0 Å². The van der Waals surface area contributed by atoms with Crippen LogP contribution in [-0.4, -0.2) is 50.8 Å². The highest BCUT2D eigenvalue weighted by molar-refractivity contribution is 7.88. The van der Waals surface area contributed by atoms with Crippen molar-refractivity contribution in [1.29, 1.82) is 0 Å². The number of sulfonamides is 1. The zero-order valence-electron chi connectivity index (χ0n) is 11.3. The van der Waals surface area contributed by atoms with E-state index in [9.17, 15) is 13.2 Å². The van der Waals surface area contributed by atoms with E-state index in [4.69, 9.17) is 0 Å². The molecule has 106 valence electrons. The Labute approximate surface area is 109 Å². The van der Waals surface area contributed by atoms with Crippen LogP contribution in [0.25, 0.3) is 0 Å². The van der Waals surface area contributed by atoms with Gasteiger partial charge in [0.15, 0.2) is 0 Å². The second-order valence-electron chi connectivity index (χ2n) is 5.46. The second-order valence-corrected chi connectivity index (χ2v) is 7.21. The molecule has 0 bridgehead atoms. The number of hydrogen-bond donors (Lipinski definition) is 2. The van der Waals surface area contributed by atoms with Gasteiger partial charge in [0.2, 0.25) is 10.0 Å². The summed E-state index contributed by atoms with van der Waals surface area (Å²) in [6.45, 7) is 5.32. The summed E-state index contributed by atoms with van der Waals surface area (Å²) >= 11 is 0. The number of hydrogen-bond acceptors (Lipinski definition) is 3. The lowest BCUT2D eigenvalue weighted by Gasteiger charge is -2.30. The van der Waals surface area contributed by atoms with Crippen molar-refractivity contribution in [1.82, 2.24) is 14.9 Å². The van der Waals surface area contributed by atoms with Gasteiger partial charge in [-0.2, -0.15) is 0 Å². The van der Waals surface area contributed by atoms with E-state index in [1.54, 1.807) is 18.7 Å². The zero-order chi connectivity index (χ0) is 13.8. The monoisotopic (exact) mass is 277 g/mol. The number of urea groups is 1. The molecular formula is C11H23N3O3S. The van der Waals surface area contributed by atoms with Crippen LogP contribution < -0.4 is 10.0 Å². The van der Waals surface area contributed by atoms with Crippen LogP contribution in [0.5, 0.6) is 0 Å². The molecule has 1 saturated heterocycles. The Morgan fingerprint density at radius 2 is 1.78 bits per heavy atom. The van der Waals surface area contributed by atoms with Crippen molar-refractivity contribution >= 4 is 16.1 Å². The topological polar surface area (TPSA) is 78.5 Å². The van der Waals surface area contributed by atoms with Gasteiger partial charge in [0, 0.05) is 25.2 Å². The summed E-state index contributed by atoms with van der Waals surface area (Å²) in [5.74, 6) is 0. The van der Waals surface area contributed by atoms with Gasteiger partial charge in [-0.05, 0) is 33.1 Å². The number of piperidine rings is 1. The van der Waals surface area contributed by atoms with E-state index in [2.05, 4.69) is 10.0 Å². The molecule has 0 aromatic carbocycles. The average molecular weight is 277 g/mol. The molecule has 2 N–H and O–H groups in total. The molecule has 0 aliphatic carbocycles. The predicted octanol–water partition coefficient (Wildman–Crippen LogP) is 0.510. The van der Waals surface area contributed by atoms with Crippen molar-refractivity contribution in [2.75, 3.05) is 25.9 Å². The lowest BCUT2D eigenvalue weighted by molar-refractivity contribution is 0.184. The van der Waals surface area contributed by atoms with E-state index in [0.717, 1.165) is 32.2 Å². The molecular weight excluding hydrogens is 254 g/mol. The molecule has 0 aromatic rings. The summed E-state index contributed by atoms with van der Waals surface area (Å²) in [6, 6.07) is -0.113. The maximum Gasteiger partial charge on any atom is 0.317 e. The molecule has 1 heterocycles. The first-order chi connectivity index (χ1) is 8.20. The van der Waals surface area contributed by atoms with Gasteiger partial charge in [-0.3, -0.25) is 0 Å². The maximum absolute atomic E-state index is 11.8. The zero-order valence-corrected chi connectivity index (χ0v) is 12.1. The van der Waals surface area contributed by atoms with Crippen LogP contribution in [-0.2, 0) is 10.0 Å². The lowest BCUT2D eigenvalue weighted by Crippen LogP contribution is -2.53. The van der Waals surface area contributed by atoms with E-state index in [1.807, 2.05) is 0 Å². The minimum atomic E-state index is -3.27. The van der Waals surface area contributed by atoms with Crippen molar-refractivity contribution in [3.05, 3.63) is 0 Å². The Morgan fingerprint density at radius 3 is 2.28 bits per heavy atom. The number of likely N-dealkylation sites (tertiary alicyclic amines) is 1.